The Balaban J connectivity index is 0.000000555. The Morgan fingerprint density at radius 1 is 1.26 bits per heavy atom. The standard InChI is InChI=1S/C7H12ClNO4S.Cl2O2S/c1-2-13-7(10)6-3-4-9(5-6)14(8,11)12;1-5(2,3)4/h6H,2-5H2,1H3;. The molecule has 0 aromatic heterocycles. The third-order valence-corrected chi connectivity index (χ3v) is 3.61. The van der Waals surface area contributed by atoms with E-state index in [1.807, 2.05) is 0 Å². The minimum Gasteiger partial charge on any atom is -0.466 e. The van der Waals surface area contributed by atoms with Crippen molar-refractivity contribution >= 4 is 55.5 Å². The largest absolute Gasteiger partial charge is 0.466 e. The highest BCUT2D eigenvalue weighted by Gasteiger charge is 2.34. The molecule has 1 aliphatic rings. The van der Waals surface area contributed by atoms with Gasteiger partial charge >= 0.3 is 14.2 Å². The normalized spacial score (nSPS) is 20.5. The highest BCUT2D eigenvalue weighted by molar-refractivity contribution is 8.31. The first kappa shape index (κ1) is 19.2. The predicted octanol–water partition coefficient (Wildman–Crippen LogP) is 1.06. The lowest BCUT2D eigenvalue weighted by molar-refractivity contribution is -0.147. The van der Waals surface area contributed by atoms with Gasteiger partial charge in [-0.3, -0.25) is 4.79 Å². The Morgan fingerprint density at radius 3 is 2.05 bits per heavy atom. The zero-order valence-electron chi connectivity index (χ0n) is 9.75. The van der Waals surface area contributed by atoms with Crippen molar-refractivity contribution in [3.8, 4) is 0 Å². The van der Waals surface area contributed by atoms with E-state index in [4.69, 9.17) is 23.8 Å². The van der Waals surface area contributed by atoms with Gasteiger partial charge in [0.25, 0.3) is 9.24 Å². The number of hydrogen-bond donors (Lipinski definition) is 0. The van der Waals surface area contributed by atoms with Gasteiger partial charge in [0.2, 0.25) is 0 Å². The van der Waals surface area contributed by atoms with Crippen LogP contribution in [0.25, 0.3) is 0 Å². The molecule has 1 aliphatic heterocycles. The molecular weight excluding hydrogens is 365 g/mol. The second kappa shape index (κ2) is 7.84. The molecule has 1 heterocycles. The second-order valence-electron chi connectivity index (χ2n) is 3.42. The minimum atomic E-state index is -3.72. The Bertz CT molecular complexity index is 497. The number of hydrogen-bond acceptors (Lipinski definition) is 6. The minimum absolute atomic E-state index is 0.130. The van der Waals surface area contributed by atoms with Crippen LogP contribution in [-0.2, 0) is 27.0 Å². The lowest BCUT2D eigenvalue weighted by Gasteiger charge is -2.10. The van der Waals surface area contributed by atoms with Crippen molar-refractivity contribution in [3.05, 3.63) is 0 Å². The monoisotopic (exact) mass is 375 g/mol. The van der Waals surface area contributed by atoms with E-state index in [1.165, 1.54) is 0 Å². The van der Waals surface area contributed by atoms with Crippen molar-refractivity contribution in [1.29, 1.82) is 0 Å². The highest BCUT2D eigenvalue weighted by Crippen LogP contribution is 2.22. The van der Waals surface area contributed by atoms with E-state index in [1.54, 1.807) is 6.92 Å². The van der Waals surface area contributed by atoms with Crippen LogP contribution in [0.1, 0.15) is 13.3 Å². The molecular formula is C7H12Cl3NO6S2. The zero-order valence-corrected chi connectivity index (χ0v) is 13.7. The van der Waals surface area contributed by atoms with Gasteiger partial charge in [0.05, 0.1) is 12.5 Å². The molecule has 1 rings (SSSR count). The Morgan fingerprint density at radius 2 is 1.74 bits per heavy atom. The summed E-state index contributed by atoms with van der Waals surface area (Å²) in [6.45, 7) is 2.44. The van der Waals surface area contributed by atoms with Crippen LogP contribution in [-0.4, -0.2) is 46.8 Å². The summed E-state index contributed by atoms with van der Waals surface area (Å²) in [5.41, 5.74) is 0. The molecule has 19 heavy (non-hydrogen) atoms. The number of halogens is 3. The molecule has 0 spiro atoms. The molecule has 0 amide bonds. The van der Waals surface area contributed by atoms with E-state index in [2.05, 4.69) is 21.4 Å². The molecule has 1 fully saturated rings. The highest BCUT2D eigenvalue weighted by atomic mass is 36.0. The molecule has 0 aromatic rings. The van der Waals surface area contributed by atoms with Gasteiger partial charge in [0.1, 0.15) is 0 Å². The van der Waals surface area contributed by atoms with E-state index >= 15 is 0 Å². The van der Waals surface area contributed by atoms with Crippen LogP contribution >= 0.6 is 32.0 Å². The summed E-state index contributed by atoms with van der Waals surface area (Å²) in [6, 6.07) is 0. The Hall–Kier alpha value is 0.200. The molecule has 0 aromatic carbocycles. The Kier molecular flexibility index (Phi) is 7.93. The molecule has 1 atom stereocenters. The maximum absolute atomic E-state index is 11.2. The first-order valence-electron chi connectivity index (χ1n) is 4.95. The fraction of sp³-hybridized carbons (Fsp3) is 0.857. The van der Waals surface area contributed by atoms with Crippen LogP contribution in [0.4, 0.5) is 0 Å². The van der Waals surface area contributed by atoms with Gasteiger partial charge in [-0.2, -0.15) is 21.1 Å². The molecule has 12 heteroatoms. The number of rotatable bonds is 3. The van der Waals surface area contributed by atoms with E-state index in [9.17, 15) is 13.2 Å². The first-order valence-corrected chi connectivity index (χ1v) is 10.4. The van der Waals surface area contributed by atoms with Gasteiger partial charge in [0.15, 0.2) is 0 Å². The summed E-state index contributed by atoms with van der Waals surface area (Å²) in [5, 5.41) is 0. The van der Waals surface area contributed by atoms with Crippen molar-refractivity contribution < 1.29 is 26.4 Å². The molecule has 0 saturated carbocycles. The van der Waals surface area contributed by atoms with Crippen molar-refractivity contribution in [2.75, 3.05) is 19.7 Å². The fourth-order valence-corrected chi connectivity index (χ4v) is 2.44. The van der Waals surface area contributed by atoms with Crippen molar-refractivity contribution in [2.24, 2.45) is 5.92 Å². The third-order valence-electron chi connectivity index (χ3n) is 2.08. The molecule has 7 nitrogen and oxygen atoms in total. The predicted molar refractivity (Wildman–Crippen MR) is 71.7 cm³/mol. The summed E-state index contributed by atoms with van der Waals surface area (Å²) in [5.74, 6) is -0.723. The molecule has 114 valence electrons. The first-order chi connectivity index (χ1) is 8.45. The quantitative estimate of drug-likeness (QED) is 0.539. The number of ether oxygens (including phenoxy) is 1. The third kappa shape index (κ3) is 9.69. The summed E-state index contributed by atoms with van der Waals surface area (Å²) in [4.78, 5) is 11.2. The smallest absolute Gasteiger partial charge is 0.317 e. The summed E-state index contributed by atoms with van der Waals surface area (Å²) in [6.07, 6.45) is 0.477. The van der Waals surface area contributed by atoms with Crippen LogP contribution in [0.15, 0.2) is 0 Å². The average molecular weight is 377 g/mol. The van der Waals surface area contributed by atoms with Gasteiger partial charge in [-0.1, -0.05) is 0 Å². The van der Waals surface area contributed by atoms with Gasteiger partial charge in [-0.05, 0) is 13.3 Å². The maximum Gasteiger partial charge on any atom is 0.317 e. The van der Waals surface area contributed by atoms with Crippen LogP contribution < -0.4 is 0 Å². The van der Waals surface area contributed by atoms with E-state index in [0.717, 1.165) is 4.31 Å². The van der Waals surface area contributed by atoms with E-state index in [0.29, 0.717) is 13.0 Å². The van der Waals surface area contributed by atoms with Crippen LogP contribution in [0.2, 0.25) is 0 Å². The molecule has 1 unspecified atom stereocenters. The SMILES string of the molecule is CCOC(=O)C1CCN(S(=O)(=O)Cl)C1.O=S(=O)(Cl)Cl. The van der Waals surface area contributed by atoms with E-state index in [-0.39, 0.29) is 25.0 Å². The van der Waals surface area contributed by atoms with Gasteiger partial charge < -0.3 is 4.74 Å². The zero-order chi connectivity index (χ0) is 15.3. The average Bonchev–Trinajstić information content (AvgIpc) is 2.62. The van der Waals surface area contributed by atoms with Crippen LogP contribution in [0, 0.1) is 5.92 Å². The van der Waals surface area contributed by atoms with Crippen molar-refractivity contribution in [1.82, 2.24) is 4.31 Å². The molecule has 1 saturated heterocycles. The molecule has 0 bridgehead atoms. The van der Waals surface area contributed by atoms with Crippen LogP contribution in [0.3, 0.4) is 0 Å². The van der Waals surface area contributed by atoms with Crippen molar-refractivity contribution in [2.45, 2.75) is 13.3 Å². The summed E-state index contributed by atoms with van der Waals surface area (Å²) < 4.78 is 46.0. The number of carbonyl (C=O) groups is 1. The van der Waals surface area contributed by atoms with Gasteiger partial charge in [-0.25, -0.2) is 0 Å². The molecule has 0 N–H and O–H groups in total. The van der Waals surface area contributed by atoms with E-state index < -0.39 is 17.5 Å². The second-order valence-corrected chi connectivity index (χ2v) is 9.59. The maximum atomic E-state index is 11.2. The van der Waals surface area contributed by atoms with Gasteiger partial charge in [-0.15, -0.1) is 0 Å². The lowest BCUT2D eigenvalue weighted by Crippen LogP contribution is -2.27. The van der Waals surface area contributed by atoms with Crippen LogP contribution in [0.5, 0.6) is 0 Å². The molecule has 0 radical (unpaired) electrons. The Labute approximate surface area is 125 Å². The fourth-order valence-electron chi connectivity index (χ4n) is 1.38. The number of carbonyl (C=O) groups excluding carboxylic acids is 1. The summed E-state index contributed by atoms with van der Waals surface area (Å²) in [7, 11) is 6.26. The van der Waals surface area contributed by atoms with Crippen molar-refractivity contribution in [3.63, 3.8) is 0 Å². The number of esters is 1. The number of nitrogens with zero attached hydrogens (tertiary/aromatic N) is 1. The lowest BCUT2D eigenvalue weighted by atomic mass is 10.1. The topological polar surface area (TPSA) is 97.8 Å². The summed E-state index contributed by atoms with van der Waals surface area (Å²) >= 11 is 0. The van der Waals surface area contributed by atoms with Gasteiger partial charge in [0, 0.05) is 45.1 Å². The molecule has 0 aliphatic carbocycles.